The zero-order chi connectivity index (χ0) is 11.5. The lowest BCUT2D eigenvalue weighted by Gasteiger charge is -2.10. The number of hydrogen-bond acceptors (Lipinski definition) is 6. The van der Waals surface area contributed by atoms with Crippen LogP contribution in [-0.2, 0) is 9.53 Å². The zero-order valence-corrected chi connectivity index (χ0v) is 8.97. The first kappa shape index (κ1) is 11.0. The number of anilines is 1. The summed E-state index contributed by atoms with van der Waals surface area (Å²) in [6.07, 6.45) is 0.971. The highest BCUT2D eigenvalue weighted by atomic mass is 16.5. The molecule has 0 aliphatic carbocycles. The Hall–Kier alpha value is -1.47. The van der Waals surface area contributed by atoms with E-state index in [9.17, 15) is 4.79 Å². The van der Waals surface area contributed by atoms with Gasteiger partial charge in [-0.25, -0.2) is 0 Å². The fraction of sp³-hybridized carbons (Fsp3) is 0.667. The first-order valence-corrected chi connectivity index (χ1v) is 5.15. The second-order valence-corrected chi connectivity index (χ2v) is 3.70. The molecule has 16 heavy (non-hydrogen) atoms. The van der Waals surface area contributed by atoms with Crippen molar-refractivity contribution in [2.45, 2.75) is 32.0 Å². The van der Waals surface area contributed by atoms with Crippen LogP contribution in [0.3, 0.4) is 0 Å². The van der Waals surface area contributed by atoms with Gasteiger partial charge in [-0.15, -0.1) is 0 Å². The molecule has 1 aliphatic heterocycles. The van der Waals surface area contributed by atoms with E-state index < -0.39 is 6.10 Å². The zero-order valence-electron chi connectivity index (χ0n) is 8.97. The number of nitrogens with two attached hydrogens (primary N) is 1. The van der Waals surface area contributed by atoms with Gasteiger partial charge in [-0.3, -0.25) is 10.1 Å². The normalized spacial score (nSPS) is 24.6. The molecule has 3 N–H and O–H groups in total. The highest BCUT2D eigenvalue weighted by Gasteiger charge is 2.30. The molecule has 2 heterocycles. The number of ether oxygens (including phenoxy) is 1. The fourth-order valence-corrected chi connectivity index (χ4v) is 1.61. The van der Waals surface area contributed by atoms with Crippen LogP contribution in [0.15, 0.2) is 4.52 Å². The summed E-state index contributed by atoms with van der Waals surface area (Å²) >= 11 is 0. The topological polar surface area (TPSA) is 103 Å². The Kier molecular flexibility index (Phi) is 3.16. The number of nitrogens with zero attached hydrogens (tertiary/aromatic N) is 2. The molecule has 0 saturated carbocycles. The van der Waals surface area contributed by atoms with Crippen LogP contribution in [0.5, 0.6) is 0 Å². The van der Waals surface area contributed by atoms with Crippen molar-refractivity contribution in [2.75, 3.05) is 11.9 Å². The lowest BCUT2D eigenvalue weighted by atomic mass is 10.2. The fourth-order valence-electron chi connectivity index (χ4n) is 1.61. The lowest BCUT2D eigenvalue weighted by molar-refractivity contribution is -0.126. The number of aryl methyl sites for hydroxylation is 1. The molecule has 7 nitrogen and oxygen atoms in total. The minimum absolute atomic E-state index is 0.0276. The van der Waals surface area contributed by atoms with E-state index >= 15 is 0 Å². The number of rotatable bonds is 3. The van der Waals surface area contributed by atoms with Gasteiger partial charge in [-0.2, -0.15) is 4.98 Å². The summed E-state index contributed by atoms with van der Waals surface area (Å²) in [7, 11) is 0. The summed E-state index contributed by atoms with van der Waals surface area (Å²) < 4.78 is 10.2. The van der Waals surface area contributed by atoms with Crippen molar-refractivity contribution in [1.82, 2.24) is 10.1 Å². The first-order chi connectivity index (χ1) is 7.69. The van der Waals surface area contributed by atoms with Crippen LogP contribution in [0.2, 0.25) is 0 Å². The van der Waals surface area contributed by atoms with Gasteiger partial charge in [0.1, 0.15) is 6.10 Å². The van der Waals surface area contributed by atoms with Crippen LogP contribution < -0.4 is 11.1 Å². The monoisotopic (exact) mass is 226 g/mol. The summed E-state index contributed by atoms with van der Waals surface area (Å²) in [5.41, 5.74) is 5.45. The van der Waals surface area contributed by atoms with Crippen molar-refractivity contribution in [2.24, 2.45) is 5.73 Å². The second-order valence-electron chi connectivity index (χ2n) is 3.70. The molecule has 1 aliphatic rings. The standard InChI is InChI=1S/C9H14N4O3/c1-5-11-9(16-13-5)12-8(14)7-3-2-6(4-10)15-7/h6-7H,2-4,10H2,1H3,(H,11,12,13,14). The minimum atomic E-state index is -0.472. The molecule has 1 saturated heterocycles. The molecule has 1 aromatic heterocycles. The molecule has 0 radical (unpaired) electrons. The number of aromatic nitrogens is 2. The molecule has 2 rings (SSSR count). The third-order valence-electron chi connectivity index (χ3n) is 2.42. The van der Waals surface area contributed by atoms with Crippen LogP contribution in [0.4, 0.5) is 6.01 Å². The highest BCUT2D eigenvalue weighted by molar-refractivity contribution is 5.92. The van der Waals surface area contributed by atoms with Crippen molar-refractivity contribution in [3.63, 3.8) is 0 Å². The van der Waals surface area contributed by atoms with Crippen molar-refractivity contribution in [3.8, 4) is 0 Å². The second kappa shape index (κ2) is 4.58. The Morgan fingerprint density at radius 3 is 3.00 bits per heavy atom. The van der Waals surface area contributed by atoms with Crippen molar-refractivity contribution in [1.29, 1.82) is 0 Å². The molecule has 1 fully saturated rings. The van der Waals surface area contributed by atoms with Crippen molar-refractivity contribution < 1.29 is 14.1 Å². The van der Waals surface area contributed by atoms with E-state index in [1.807, 2.05) is 0 Å². The van der Waals surface area contributed by atoms with Crippen LogP contribution in [0.25, 0.3) is 0 Å². The highest BCUT2D eigenvalue weighted by Crippen LogP contribution is 2.20. The third kappa shape index (κ3) is 2.37. The quantitative estimate of drug-likeness (QED) is 0.741. The predicted molar refractivity (Wildman–Crippen MR) is 54.6 cm³/mol. The Morgan fingerprint density at radius 2 is 2.44 bits per heavy atom. The Bertz CT molecular complexity index is 379. The van der Waals surface area contributed by atoms with E-state index in [1.54, 1.807) is 6.92 Å². The van der Waals surface area contributed by atoms with Gasteiger partial charge in [0, 0.05) is 6.54 Å². The molecule has 1 aromatic rings. The number of nitrogens with one attached hydrogen (secondary N) is 1. The maximum atomic E-state index is 11.7. The molecule has 2 atom stereocenters. The Balaban J connectivity index is 1.89. The van der Waals surface area contributed by atoms with E-state index in [4.69, 9.17) is 15.0 Å². The van der Waals surface area contributed by atoms with Gasteiger partial charge >= 0.3 is 6.01 Å². The van der Waals surface area contributed by atoms with Crippen LogP contribution in [-0.4, -0.2) is 34.8 Å². The van der Waals surface area contributed by atoms with Crippen LogP contribution >= 0.6 is 0 Å². The summed E-state index contributed by atoms with van der Waals surface area (Å²) in [6.45, 7) is 2.11. The maximum absolute atomic E-state index is 11.7. The first-order valence-electron chi connectivity index (χ1n) is 5.15. The third-order valence-corrected chi connectivity index (χ3v) is 2.42. The SMILES string of the molecule is Cc1noc(NC(=O)C2CCC(CN)O2)n1. The van der Waals surface area contributed by atoms with Gasteiger partial charge in [0.2, 0.25) is 0 Å². The van der Waals surface area contributed by atoms with Crippen LogP contribution in [0.1, 0.15) is 18.7 Å². The molecule has 0 spiro atoms. The Morgan fingerprint density at radius 1 is 1.62 bits per heavy atom. The van der Waals surface area contributed by atoms with Crippen molar-refractivity contribution in [3.05, 3.63) is 5.82 Å². The molecule has 0 aromatic carbocycles. The van der Waals surface area contributed by atoms with Gasteiger partial charge < -0.3 is 15.0 Å². The largest absolute Gasteiger partial charge is 0.364 e. The van der Waals surface area contributed by atoms with Gasteiger partial charge in [0.25, 0.3) is 5.91 Å². The molecule has 88 valence electrons. The van der Waals surface area contributed by atoms with Crippen molar-refractivity contribution >= 4 is 11.9 Å². The molecular weight excluding hydrogens is 212 g/mol. The van der Waals surface area contributed by atoms with Crippen LogP contribution in [0, 0.1) is 6.92 Å². The van der Waals surface area contributed by atoms with Gasteiger partial charge in [-0.1, -0.05) is 5.16 Å². The van der Waals surface area contributed by atoms with Gasteiger partial charge in [-0.05, 0) is 19.8 Å². The number of carbonyl (C=O) groups excluding carboxylic acids is 1. The predicted octanol–water partition coefficient (Wildman–Crippen LogP) is -0.177. The average Bonchev–Trinajstić information content (AvgIpc) is 2.87. The summed E-state index contributed by atoms with van der Waals surface area (Å²) in [4.78, 5) is 15.6. The number of carbonyl (C=O) groups is 1. The maximum Gasteiger partial charge on any atom is 0.328 e. The smallest absolute Gasteiger partial charge is 0.328 e. The molecular formula is C9H14N4O3. The average molecular weight is 226 g/mol. The van der Waals surface area contributed by atoms with Gasteiger partial charge in [0.05, 0.1) is 6.10 Å². The summed E-state index contributed by atoms with van der Waals surface area (Å²) in [5.74, 6) is 0.210. The minimum Gasteiger partial charge on any atom is -0.364 e. The van der Waals surface area contributed by atoms with E-state index in [0.29, 0.717) is 18.8 Å². The summed E-state index contributed by atoms with van der Waals surface area (Å²) in [5, 5.41) is 6.07. The molecule has 2 unspecified atom stereocenters. The van der Waals surface area contributed by atoms with Gasteiger partial charge in [0.15, 0.2) is 5.82 Å². The molecule has 1 amide bonds. The van der Waals surface area contributed by atoms with E-state index in [2.05, 4.69) is 15.5 Å². The number of hydrogen-bond donors (Lipinski definition) is 2. The van der Waals surface area contributed by atoms with E-state index in [0.717, 1.165) is 6.42 Å². The molecule has 7 heteroatoms. The lowest BCUT2D eigenvalue weighted by Crippen LogP contribution is -2.29. The van der Waals surface area contributed by atoms with E-state index in [-0.39, 0.29) is 18.0 Å². The molecule has 0 bridgehead atoms. The Labute approximate surface area is 92.3 Å². The summed E-state index contributed by atoms with van der Waals surface area (Å²) in [6, 6.07) is 0.0994. The van der Waals surface area contributed by atoms with E-state index in [1.165, 1.54) is 0 Å². The number of amides is 1.